The highest BCUT2D eigenvalue weighted by Gasteiger charge is 2.15. The molecule has 136 valence electrons. The molecule has 0 N–H and O–H groups in total. The van der Waals surface area contributed by atoms with Crippen LogP contribution in [0.3, 0.4) is 0 Å². The van der Waals surface area contributed by atoms with Gasteiger partial charge < -0.3 is 9.30 Å². The molecule has 0 aliphatic rings. The molecule has 27 heavy (non-hydrogen) atoms. The first-order chi connectivity index (χ1) is 13.1. The number of fused-ring (bicyclic) bond motifs is 1. The number of hydrogen-bond donors (Lipinski definition) is 0. The first-order valence-corrected chi connectivity index (χ1v) is 8.48. The lowest BCUT2D eigenvalue weighted by molar-refractivity contribution is 0.474. The van der Waals surface area contributed by atoms with Gasteiger partial charge in [0.25, 0.3) is 5.56 Å². The van der Waals surface area contributed by atoms with Gasteiger partial charge in [-0.1, -0.05) is 36.4 Å². The number of para-hydroxylation sites is 2. The summed E-state index contributed by atoms with van der Waals surface area (Å²) in [4.78, 5) is 29.0. The summed E-state index contributed by atoms with van der Waals surface area (Å²) >= 11 is 0. The summed E-state index contributed by atoms with van der Waals surface area (Å²) in [6.45, 7) is 0.396. The Labute approximate surface area is 154 Å². The van der Waals surface area contributed by atoms with Crippen LogP contribution in [0, 0.1) is 0 Å². The third-order valence-corrected chi connectivity index (χ3v) is 4.50. The van der Waals surface area contributed by atoms with Crippen LogP contribution >= 0.6 is 0 Å². The normalized spacial score (nSPS) is 11.0. The maximum atomic E-state index is 12.6. The van der Waals surface area contributed by atoms with Gasteiger partial charge in [-0.2, -0.15) is 0 Å². The van der Waals surface area contributed by atoms with E-state index in [9.17, 15) is 9.59 Å². The number of nitrogens with zero attached hydrogens (tertiary/aromatic N) is 4. The summed E-state index contributed by atoms with van der Waals surface area (Å²) in [6, 6.07) is 17.2. The van der Waals surface area contributed by atoms with Crippen molar-refractivity contribution in [1.82, 2.24) is 18.7 Å². The van der Waals surface area contributed by atoms with Gasteiger partial charge in [0.05, 0.1) is 12.9 Å². The minimum absolute atomic E-state index is 0.365. The predicted octanol–water partition coefficient (Wildman–Crippen LogP) is 2.27. The van der Waals surface area contributed by atoms with Gasteiger partial charge in [-0.05, 0) is 18.2 Å². The molecular formula is C20H18N4O3. The van der Waals surface area contributed by atoms with Gasteiger partial charge in [0.15, 0.2) is 11.2 Å². The van der Waals surface area contributed by atoms with Crippen molar-refractivity contribution in [3.05, 3.63) is 87.3 Å². The molecule has 0 bridgehead atoms. The number of imidazole rings is 1. The van der Waals surface area contributed by atoms with Crippen LogP contribution in [0.1, 0.15) is 5.56 Å². The molecule has 7 nitrogen and oxygen atoms in total. The summed E-state index contributed by atoms with van der Waals surface area (Å²) < 4.78 is 10.2. The van der Waals surface area contributed by atoms with Crippen molar-refractivity contribution in [2.24, 2.45) is 14.1 Å². The third-order valence-electron chi connectivity index (χ3n) is 4.50. The second kappa shape index (κ2) is 6.60. The quantitative estimate of drug-likeness (QED) is 0.558. The smallest absolute Gasteiger partial charge is 0.332 e. The average Bonchev–Trinajstić information content (AvgIpc) is 3.11. The summed E-state index contributed by atoms with van der Waals surface area (Å²) in [7, 11) is 3.07. The van der Waals surface area contributed by atoms with Crippen molar-refractivity contribution in [3.8, 4) is 11.5 Å². The van der Waals surface area contributed by atoms with E-state index in [1.54, 1.807) is 17.9 Å². The number of ether oxygens (including phenoxy) is 1. The number of hydrogen-bond acceptors (Lipinski definition) is 4. The third kappa shape index (κ3) is 2.93. The van der Waals surface area contributed by atoms with E-state index in [4.69, 9.17) is 4.74 Å². The average molecular weight is 362 g/mol. The van der Waals surface area contributed by atoms with E-state index in [0.29, 0.717) is 23.5 Å². The van der Waals surface area contributed by atoms with E-state index in [0.717, 1.165) is 15.9 Å². The molecule has 2 aromatic carbocycles. The Hall–Kier alpha value is -3.61. The fourth-order valence-electron chi connectivity index (χ4n) is 3.05. The lowest BCUT2D eigenvalue weighted by atomic mass is 10.2. The second-order valence-corrected chi connectivity index (χ2v) is 6.27. The van der Waals surface area contributed by atoms with Gasteiger partial charge in [-0.3, -0.25) is 13.9 Å². The van der Waals surface area contributed by atoms with Crippen LogP contribution < -0.4 is 16.0 Å². The van der Waals surface area contributed by atoms with Crippen molar-refractivity contribution in [2.75, 3.05) is 0 Å². The van der Waals surface area contributed by atoms with Crippen molar-refractivity contribution < 1.29 is 4.74 Å². The van der Waals surface area contributed by atoms with Crippen LogP contribution in [0.4, 0.5) is 0 Å². The van der Waals surface area contributed by atoms with Crippen LogP contribution in [-0.4, -0.2) is 18.7 Å². The molecule has 0 saturated heterocycles. The predicted molar refractivity (Wildman–Crippen MR) is 102 cm³/mol. The van der Waals surface area contributed by atoms with Gasteiger partial charge in [0.2, 0.25) is 0 Å². The molecule has 7 heteroatoms. The molecule has 0 atom stereocenters. The van der Waals surface area contributed by atoms with E-state index < -0.39 is 5.69 Å². The van der Waals surface area contributed by atoms with E-state index in [2.05, 4.69) is 4.98 Å². The zero-order valence-electron chi connectivity index (χ0n) is 15.0. The molecule has 2 aromatic heterocycles. The summed E-state index contributed by atoms with van der Waals surface area (Å²) in [5, 5.41) is 0. The lowest BCUT2D eigenvalue weighted by Crippen LogP contribution is -2.37. The van der Waals surface area contributed by atoms with Crippen LogP contribution in [0.15, 0.2) is 70.5 Å². The molecular weight excluding hydrogens is 344 g/mol. The zero-order chi connectivity index (χ0) is 19.0. The maximum absolute atomic E-state index is 12.6. The molecule has 0 aliphatic carbocycles. The molecule has 0 unspecified atom stereocenters. The highest BCUT2D eigenvalue weighted by molar-refractivity contribution is 5.70. The zero-order valence-corrected chi connectivity index (χ0v) is 15.0. The minimum Gasteiger partial charge on any atom is -0.457 e. The van der Waals surface area contributed by atoms with Gasteiger partial charge >= 0.3 is 5.69 Å². The van der Waals surface area contributed by atoms with Crippen LogP contribution in [-0.2, 0) is 20.6 Å². The first-order valence-electron chi connectivity index (χ1n) is 8.48. The largest absolute Gasteiger partial charge is 0.457 e. The van der Waals surface area contributed by atoms with Crippen LogP contribution in [0.2, 0.25) is 0 Å². The fourth-order valence-corrected chi connectivity index (χ4v) is 3.05. The van der Waals surface area contributed by atoms with Crippen molar-refractivity contribution in [1.29, 1.82) is 0 Å². The highest BCUT2D eigenvalue weighted by Crippen LogP contribution is 2.26. The number of aryl methyl sites for hydroxylation is 1. The van der Waals surface area contributed by atoms with E-state index >= 15 is 0 Å². The van der Waals surface area contributed by atoms with Crippen molar-refractivity contribution >= 4 is 11.2 Å². The Morgan fingerprint density at radius 3 is 2.41 bits per heavy atom. The summed E-state index contributed by atoms with van der Waals surface area (Å²) in [5.41, 5.74) is 0.882. The standard InChI is InChI=1S/C20H18N4O3/c1-22-18-17(19(25)23(2)20(22)26)24(13-21-18)12-14-8-6-7-11-16(14)27-15-9-4-3-5-10-15/h3-11,13H,12H2,1-2H3. The number of aromatic nitrogens is 4. The molecule has 0 spiro atoms. The van der Waals surface area contributed by atoms with E-state index in [1.165, 1.54) is 11.6 Å². The summed E-state index contributed by atoms with van der Waals surface area (Å²) in [5.74, 6) is 1.44. The summed E-state index contributed by atoms with van der Waals surface area (Å²) in [6.07, 6.45) is 1.57. The minimum atomic E-state index is -0.398. The van der Waals surface area contributed by atoms with Gasteiger partial charge in [-0.15, -0.1) is 0 Å². The SMILES string of the molecule is Cn1c(=O)c2c(ncn2Cc2ccccc2Oc2ccccc2)n(C)c1=O. The maximum Gasteiger partial charge on any atom is 0.332 e. The molecule has 4 rings (SSSR count). The van der Waals surface area contributed by atoms with E-state index in [-0.39, 0.29) is 5.56 Å². The monoisotopic (exact) mass is 362 g/mol. The molecule has 4 aromatic rings. The van der Waals surface area contributed by atoms with Crippen LogP contribution in [0.5, 0.6) is 11.5 Å². The van der Waals surface area contributed by atoms with Crippen molar-refractivity contribution in [3.63, 3.8) is 0 Å². The fraction of sp³-hybridized carbons (Fsp3) is 0.150. The Balaban J connectivity index is 1.78. The van der Waals surface area contributed by atoms with Gasteiger partial charge in [0.1, 0.15) is 11.5 Å². The lowest BCUT2D eigenvalue weighted by Gasteiger charge is -2.12. The topological polar surface area (TPSA) is 71.0 Å². The Morgan fingerprint density at radius 2 is 1.63 bits per heavy atom. The molecule has 0 saturated carbocycles. The molecule has 2 heterocycles. The van der Waals surface area contributed by atoms with Crippen molar-refractivity contribution in [2.45, 2.75) is 6.54 Å². The highest BCUT2D eigenvalue weighted by atomic mass is 16.5. The Kier molecular flexibility index (Phi) is 4.12. The molecule has 0 amide bonds. The molecule has 0 aliphatic heterocycles. The molecule has 0 radical (unpaired) electrons. The van der Waals surface area contributed by atoms with Crippen LogP contribution in [0.25, 0.3) is 11.2 Å². The Bertz CT molecular complexity index is 1240. The molecule has 0 fully saturated rings. The second-order valence-electron chi connectivity index (χ2n) is 6.27. The number of benzene rings is 2. The van der Waals surface area contributed by atoms with Gasteiger partial charge in [0, 0.05) is 19.7 Å². The number of rotatable bonds is 4. The van der Waals surface area contributed by atoms with Gasteiger partial charge in [-0.25, -0.2) is 9.78 Å². The Morgan fingerprint density at radius 1 is 0.926 bits per heavy atom. The van der Waals surface area contributed by atoms with E-state index in [1.807, 2.05) is 54.6 Å². The first kappa shape index (κ1) is 16.8.